The zero-order valence-corrected chi connectivity index (χ0v) is 15.9. The maximum atomic E-state index is 12.2. The van der Waals surface area contributed by atoms with Gasteiger partial charge in [-0.1, -0.05) is 30.3 Å². The van der Waals surface area contributed by atoms with Crippen molar-refractivity contribution in [2.45, 2.75) is 12.4 Å². The predicted octanol–water partition coefficient (Wildman–Crippen LogP) is 1.71. The predicted molar refractivity (Wildman–Crippen MR) is 100 cm³/mol. The van der Waals surface area contributed by atoms with E-state index in [0.717, 1.165) is 11.8 Å². The van der Waals surface area contributed by atoms with Crippen LogP contribution in [0.5, 0.6) is 5.75 Å². The molecular formula is C19H21NO6S. The molecule has 27 heavy (non-hydrogen) atoms. The molecule has 0 saturated heterocycles. The third kappa shape index (κ3) is 6.74. The number of hydrogen-bond acceptors (Lipinski definition) is 6. The third-order valence-electron chi connectivity index (χ3n) is 3.60. The molecule has 0 saturated carbocycles. The molecule has 7 nitrogen and oxygen atoms in total. The van der Waals surface area contributed by atoms with Gasteiger partial charge in [0.05, 0.1) is 12.9 Å². The van der Waals surface area contributed by atoms with Crippen LogP contribution in [0.15, 0.2) is 48.5 Å². The lowest BCUT2D eigenvalue weighted by molar-refractivity contribution is -0.143. The van der Waals surface area contributed by atoms with Crippen LogP contribution in [0, 0.1) is 0 Å². The van der Waals surface area contributed by atoms with Gasteiger partial charge in [-0.15, -0.1) is 0 Å². The SMILES string of the molecule is COc1ccc(C(=O)NCC(=O)OCc2ccccc2)cc1CS(C)(=O)=O. The van der Waals surface area contributed by atoms with Gasteiger partial charge in [0.1, 0.15) is 18.9 Å². The Morgan fingerprint density at radius 2 is 1.78 bits per heavy atom. The van der Waals surface area contributed by atoms with Crippen molar-refractivity contribution >= 4 is 21.7 Å². The number of rotatable bonds is 8. The van der Waals surface area contributed by atoms with Crippen LogP contribution < -0.4 is 10.1 Å². The molecule has 0 aromatic heterocycles. The van der Waals surface area contributed by atoms with Gasteiger partial charge in [-0.25, -0.2) is 8.42 Å². The van der Waals surface area contributed by atoms with Gasteiger partial charge in [0.15, 0.2) is 9.84 Å². The summed E-state index contributed by atoms with van der Waals surface area (Å²) < 4.78 is 33.3. The van der Waals surface area contributed by atoms with Crippen molar-refractivity contribution < 1.29 is 27.5 Å². The Bertz CT molecular complexity index is 909. The molecule has 2 aromatic rings. The molecule has 0 radical (unpaired) electrons. The van der Waals surface area contributed by atoms with E-state index in [1.165, 1.54) is 25.3 Å². The highest BCUT2D eigenvalue weighted by molar-refractivity contribution is 7.89. The molecule has 0 bridgehead atoms. The van der Waals surface area contributed by atoms with Crippen molar-refractivity contribution in [2.24, 2.45) is 0 Å². The van der Waals surface area contributed by atoms with E-state index >= 15 is 0 Å². The fourth-order valence-electron chi connectivity index (χ4n) is 2.36. The Morgan fingerprint density at radius 3 is 2.41 bits per heavy atom. The summed E-state index contributed by atoms with van der Waals surface area (Å²) in [4.78, 5) is 24.0. The first kappa shape index (κ1) is 20.4. The van der Waals surface area contributed by atoms with Crippen molar-refractivity contribution in [2.75, 3.05) is 19.9 Å². The summed E-state index contributed by atoms with van der Waals surface area (Å²) in [5.74, 6) is -0.962. The molecule has 2 aromatic carbocycles. The van der Waals surface area contributed by atoms with Gasteiger partial charge >= 0.3 is 5.97 Å². The number of nitrogens with one attached hydrogen (secondary N) is 1. The van der Waals surface area contributed by atoms with Gasteiger partial charge in [-0.05, 0) is 23.8 Å². The second kappa shape index (κ2) is 9.18. The minimum Gasteiger partial charge on any atom is -0.496 e. The number of amides is 1. The molecule has 0 atom stereocenters. The first-order valence-corrected chi connectivity index (χ1v) is 10.2. The first-order valence-electron chi connectivity index (χ1n) is 8.11. The van der Waals surface area contributed by atoms with E-state index in [-0.39, 0.29) is 24.5 Å². The molecule has 1 amide bonds. The topological polar surface area (TPSA) is 98.8 Å². The summed E-state index contributed by atoms with van der Waals surface area (Å²) in [6.07, 6.45) is 1.10. The molecule has 0 aliphatic heterocycles. The molecule has 0 heterocycles. The van der Waals surface area contributed by atoms with Gasteiger partial charge < -0.3 is 14.8 Å². The normalized spacial score (nSPS) is 10.9. The minimum absolute atomic E-state index is 0.122. The van der Waals surface area contributed by atoms with Crippen LogP contribution in [-0.2, 0) is 31.7 Å². The summed E-state index contributed by atoms with van der Waals surface area (Å²) in [5.41, 5.74) is 1.45. The van der Waals surface area contributed by atoms with E-state index in [9.17, 15) is 18.0 Å². The molecule has 144 valence electrons. The van der Waals surface area contributed by atoms with E-state index in [4.69, 9.17) is 9.47 Å². The summed E-state index contributed by atoms with van der Waals surface area (Å²) in [7, 11) is -1.88. The molecule has 0 unspecified atom stereocenters. The van der Waals surface area contributed by atoms with Crippen LogP contribution in [0.25, 0.3) is 0 Å². The largest absolute Gasteiger partial charge is 0.496 e. The molecule has 8 heteroatoms. The second-order valence-electron chi connectivity index (χ2n) is 5.93. The summed E-state index contributed by atoms with van der Waals surface area (Å²) >= 11 is 0. The third-order valence-corrected chi connectivity index (χ3v) is 4.43. The molecule has 0 aliphatic rings. The monoisotopic (exact) mass is 391 g/mol. The first-order chi connectivity index (χ1) is 12.8. The van der Waals surface area contributed by atoms with Gasteiger partial charge in [-0.3, -0.25) is 9.59 Å². The zero-order valence-electron chi connectivity index (χ0n) is 15.1. The average Bonchev–Trinajstić information content (AvgIpc) is 2.64. The lowest BCUT2D eigenvalue weighted by Gasteiger charge is -2.11. The van der Waals surface area contributed by atoms with Crippen LogP contribution in [-0.4, -0.2) is 40.2 Å². The second-order valence-corrected chi connectivity index (χ2v) is 8.07. The van der Waals surface area contributed by atoms with Gasteiger partial charge in [0, 0.05) is 17.4 Å². The summed E-state index contributed by atoms with van der Waals surface area (Å²) in [6, 6.07) is 13.6. The smallest absolute Gasteiger partial charge is 0.325 e. The Balaban J connectivity index is 1.95. The van der Waals surface area contributed by atoms with Gasteiger partial charge in [0.2, 0.25) is 0 Å². The number of hydrogen-bond donors (Lipinski definition) is 1. The van der Waals surface area contributed by atoms with Crippen molar-refractivity contribution in [3.8, 4) is 5.75 Å². The molecule has 1 N–H and O–H groups in total. The van der Waals surface area contributed by atoms with E-state index in [2.05, 4.69) is 5.32 Å². The lowest BCUT2D eigenvalue weighted by atomic mass is 10.1. The molecule has 0 aliphatic carbocycles. The summed E-state index contributed by atoms with van der Waals surface area (Å²) in [5, 5.41) is 2.46. The van der Waals surface area contributed by atoms with Crippen LogP contribution in [0.4, 0.5) is 0 Å². The molecule has 2 rings (SSSR count). The fraction of sp³-hybridized carbons (Fsp3) is 0.263. The van der Waals surface area contributed by atoms with E-state index < -0.39 is 21.7 Å². The van der Waals surface area contributed by atoms with E-state index in [1.807, 2.05) is 30.3 Å². The van der Waals surface area contributed by atoms with Gasteiger partial charge in [0.25, 0.3) is 5.91 Å². The maximum absolute atomic E-state index is 12.2. The summed E-state index contributed by atoms with van der Waals surface area (Å²) in [6.45, 7) is -0.171. The van der Waals surface area contributed by atoms with Gasteiger partial charge in [-0.2, -0.15) is 0 Å². The highest BCUT2D eigenvalue weighted by Gasteiger charge is 2.15. The van der Waals surface area contributed by atoms with Crippen molar-refractivity contribution in [1.82, 2.24) is 5.32 Å². The highest BCUT2D eigenvalue weighted by Crippen LogP contribution is 2.22. The number of ether oxygens (including phenoxy) is 2. The zero-order chi connectivity index (χ0) is 19.9. The van der Waals surface area contributed by atoms with Crippen LogP contribution in [0.3, 0.4) is 0 Å². The number of esters is 1. The molecule has 0 fully saturated rings. The van der Waals surface area contributed by atoms with E-state index in [1.54, 1.807) is 0 Å². The van der Waals surface area contributed by atoms with Crippen LogP contribution in [0.1, 0.15) is 21.5 Å². The van der Waals surface area contributed by atoms with Crippen LogP contribution in [0.2, 0.25) is 0 Å². The Morgan fingerprint density at radius 1 is 1.07 bits per heavy atom. The van der Waals surface area contributed by atoms with Crippen molar-refractivity contribution in [3.05, 3.63) is 65.2 Å². The number of methoxy groups -OCH3 is 1. The Kier molecular flexibility index (Phi) is 6.95. The van der Waals surface area contributed by atoms with E-state index in [0.29, 0.717) is 11.3 Å². The number of sulfone groups is 1. The minimum atomic E-state index is -3.30. The van der Waals surface area contributed by atoms with Crippen molar-refractivity contribution in [1.29, 1.82) is 0 Å². The standard InChI is InChI=1S/C19H21NO6S/c1-25-17-9-8-15(10-16(17)13-27(2,23)24)19(22)20-11-18(21)26-12-14-6-4-3-5-7-14/h3-10H,11-13H2,1-2H3,(H,20,22). The van der Waals surface area contributed by atoms with Crippen molar-refractivity contribution in [3.63, 3.8) is 0 Å². The highest BCUT2D eigenvalue weighted by atomic mass is 32.2. The fourth-order valence-corrected chi connectivity index (χ4v) is 3.15. The van der Waals surface area contributed by atoms with Crippen LogP contribution >= 0.6 is 0 Å². The lowest BCUT2D eigenvalue weighted by Crippen LogP contribution is -2.30. The molecular weight excluding hydrogens is 370 g/mol. The number of carbonyl (C=O) groups excluding carboxylic acids is 2. The Hall–Kier alpha value is -2.87. The molecule has 0 spiro atoms. The maximum Gasteiger partial charge on any atom is 0.325 e. The quantitative estimate of drug-likeness (QED) is 0.688. The number of benzene rings is 2. The number of carbonyl (C=O) groups is 2. The Labute approximate surface area is 158 Å². The average molecular weight is 391 g/mol.